The van der Waals surface area contributed by atoms with E-state index in [-0.39, 0.29) is 11.8 Å². The number of carbonyl (C=O) groups excluding carboxylic acids is 2. The van der Waals surface area contributed by atoms with E-state index in [9.17, 15) is 9.59 Å². The van der Waals surface area contributed by atoms with E-state index in [0.29, 0.717) is 29.1 Å². The van der Waals surface area contributed by atoms with Gasteiger partial charge in [0.15, 0.2) is 11.6 Å². The number of rotatable bonds is 7. The molecule has 4 rings (SSSR count). The van der Waals surface area contributed by atoms with Crippen molar-refractivity contribution in [1.82, 2.24) is 19.9 Å². The number of aromatic nitrogens is 3. The zero-order valence-electron chi connectivity index (χ0n) is 17.3. The Kier molecular flexibility index (Phi) is 5.79. The number of hydrogen-bond donors (Lipinski definition) is 3. The molecule has 4 aromatic rings. The zero-order chi connectivity index (χ0) is 21.8. The first-order chi connectivity index (χ1) is 15.0. The van der Waals surface area contributed by atoms with Crippen LogP contribution in [0.5, 0.6) is 0 Å². The third kappa shape index (κ3) is 4.48. The number of urea groups is 1. The van der Waals surface area contributed by atoms with Gasteiger partial charge in [-0.25, -0.2) is 14.8 Å². The molecule has 2 aromatic heterocycles. The Morgan fingerprint density at radius 3 is 2.61 bits per heavy atom. The quantitative estimate of drug-likeness (QED) is 0.311. The van der Waals surface area contributed by atoms with Gasteiger partial charge in [0.25, 0.3) is 0 Å². The van der Waals surface area contributed by atoms with Crippen molar-refractivity contribution in [3.8, 4) is 0 Å². The standard InChI is InChI=1S/C23H24N6O2/c1-15(30)16-8-10-17(11-9-16)27-23(31)25-12-4-5-13-29-14-26-20-21(29)18-6-2-3-7-19(18)28-22(20)24/h2-3,6-11,14H,4-5,12-13H2,1H3,(H2,24,28)(H2,25,27,31). The van der Waals surface area contributed by atoms with E-state index < -0.39 is 0 Å². The molecule has 0 spiro atoms. The minimum Gasteiger partial charge on any atom is -0.382 e. The largest absolute Gasteiger partial charge is 0.382 e. The van der Waals surface area contributed by atoms with E-state index >= 15 is 0 Å². The normalized spacial score (nSPS) is 11.0. The monoisotopic (exact) mass is 416 g/mol. The first-order valence-corrected chi connectivity index (χ1v) is 10.2. The van der Waals surface area contributed by atoms with E-state index in [1.54, 1.807) is 30.6 Å². The molecule has 2 aromatic carbocycles. The predicted octanol–water partition coefficient (Wildman–Crippen LogP) is 3.97. The second kappa shape index (κ2) is 8.83. The molecule has 0 unspecified atom stereocenters. The minimum absolute atomic E-state index is 0.00591. The molecule has 0 fully saturated rings. The van der Waals surface area contributed by atoms with Gasteiger partial charge >= 0.3 is 6.03 Å². The summed E-state index contributed by atoms with van der Waals surface area (Å²) in [5.41, 5.74) is 9.89. The first-order valence-electron chi connectivity index (χ1n) is 10.2. The van der Waals surface area contributed by atoms with E-state index in [1.807, 2.05) is 24.3 Å². The molecule has 31 heavy (non-hydrogen) atoms. The van der Waals surface area contributed by atoms with Gasteiger partial charge in [-0.1, -0.05) is 18.2 Å². The number of pyridine rings is 1. The molecule has 0 radical (unpaired) electrons. The van der Waals surface area contributed by atoms with Crippen molar-refractivity contribution >= 4 is 45.3 Å². The lowest BCUT2D eigenvalue weighted by molar-refractivity contribution is 0.101. The number of nitrogens with zero attached hydrogens (tertiary/aromatic N) is 3. The minimum atomic E-state index is -0.270. The number of imidazole rings is 1. The van der Waals surface area contributed by atoms with Crippen molar-refractivity contribution in [3.05, 3.63) is 60.4 Å². The highest BCUT2D eigenvalue weighted by Crippen LogP contribution is 2.27. The molecule has 0 saturated heterocycles. The molecular formula is C23H24N6O2. The average Bonchev–Trinajstić information content (AvgIpc) is 3.19. The number of nitrogens with one attached hydrogen (secondary N) is 2. The lowest BCUT2D eigenvalue weighted by Crippen LogP contribution is -2.29. The highest BCUT2D eigenvalue weighted by atomic mass is 16.2. The van der Waals surface area contributed by atoms with Gasteiger partial charge in [0, 0.05) is 29.7 Å². The van der Waals surface area contributed by atoms with Gasteiger partial charge in [-0.05, 0) is 50.1 Å². The number of aryl methyl sites for hydroxylation is 1. The summed E-state index contributed by atoms with van der Waals surface area (Å²) in [7, 11) is 0. The molecule has 0 atom stereocenters. The van der Waals surface area contributed by atoms with Gasteiger partial charge in [0.2, 0.25) is 0 Å². The number of anilines is 2. The summed E-state index contributed by atoms with van der Waals surface area (Å²) >= 11 is 0. The van der Waals surface area contributed by atoms with Crippen LogP contribution < -0.4 is 16.4 Å². The maximum Gasteiger partial charge on any atom is 0.319 e. The number of carbonyl (C=O) groups is 2. The zero-order valence-corrected chi connectivity index (χ0v) is 17.3. The summed E-state index contributed by atoms with van der Waals surface area (Å²) in [6.07, 6.45) is 3.48. The number of fused-ring (bicyclic) bond motifs is 3. The van der Waals surface area contributed by atoms with Crippen LogP contribution in [0.15, 0.2) is 54.9 Å². The highest BCUT2D eigenvalue weighted by molar-refractivity contribution is 6.06. The number of nitrogen functional groups attached to an aromatic ring is 1. The van der Waals surface area contributed by atoms with Gasteiger partial charge in [-0.3, -0.25) is 4.79 Å². The van der Waals surface area contributed by atoms with Crippen LogP contribution in [0.1, 0.15) is 30.1 Å². The summed E-state index contributed by atoms with van der Waals surface area (Å²) < 4.78 is 2.09. The van der Waals surface area contributed by atoms with Gasteiger partial charge in [-0.15, -0.1) is 0 Å². The molecule has 0 bridgehead atoms. The lowest BCUT2D eigenvalue weighted by Gasteiger charge is -2.09. The summed E-state index contributed by atoms with van der Waals surface area (Å²) in [4.78, 5) is 32.2. The molecule has 8 heteroatoms. The van der Waals surface area contributed by atoms with E-state index in [1.165, 1.54) is 6.92 Å². The second-order valence-electron chi connectivity index (χ2n) is 7.37. The van der Waals surface area contributed by atoms with Crippen LogP contribution >= 0.6 is 0 Å². The van der Waals surface area contributed by atoms with E-state index in [2.05, 4.69) is 25.2 Å². The molecule has 158 valence electrons. The van der Waals surface area contributed by atoms with Crippen LogP contribution in [-0.2, 0) is 6.54 Å². The Hall–Kier alpha value is -3.94. The van der Waals surface area contributed by atoms with Gasteiger partial charge < -0.3 is 20.9 Å². The Balaban J connectivity index is 1.30. The van der Waals surface area contributed by atoms with Crippen molar-refractivity contribution in [2.24, 2.45) is 0 Å². The van der Waals surface area contributed by atoms with Crippen molar-refractivity contribution in [2.45, 2.75) is 26.3 Å². The molecule has 0 aliphatic carbocycles. The molecule has 8 nitrogen and oxygen atoms in total. The number of hydrogen-bond acceptors (Lipinski definition) is 5. The topological polar surface area (TPSA) is 115 Å². The van der Waals surface area contributed by atoms with Gasteiger partial charge in [0.1, 0.15) is 5.52 Å². The number of ketones is 1. The van der Waals surface area contributed by atoms with Crippen LogP contribution in [0.4, 0.5) is 16.3 Å². The van der Waals surface area contributed by atoms with Crippen LogP contribution in [0.25, 0.3) is 21.9 Å². The highest BCUT2D eigenvalue weighted by Gasteiger charge is 2.11. The van der Waals surface area contributed by atoms with Crippen molar-refractivity contribution in [3.63, 3.8) is 0 Å². The molecule has 0 aliphatic heterocycles. The fourth-order valence-corrected chi connectivity index (χ4v) is 3.55. The third-order valence-corrected chi connectivity index (χ3v) is 5.14. The molecular weight excluding hydrogens is 392 g/mol. The van der Waals surface area contributed by atoms with Crippen molar-refractivity contribution in [2.75, 3.05) is 17.6 Å². The molecule has 2 amide bonds. The summed E-state index contributed by atoms with van der Waals surface area (Å²) in [6, 6.07) is 14.4. The van der Waals surface area contributed by atoms with Crippen LogP contribution in [0.3, 0.4) is 0 Å². The summed E-state index contributed by atoms with van der Waals surface area (Å²) in [6.45, 7) is 2.82. The number of nitrogens with two attached hydrogens (primary N) is 1. The third-order valence-electron chi connectivity index (χ3n) is 5.14. The Morgan fingerprint density at radius 2 is 1.84 bits per heavy atom. The fraction of sp³-hybridized carbons (Fsp3) is 0.217. The number of unbranched alkanes of at least 4 members (excludes halogenated alkanes) is 1. The van der Waals surface area contributed by atoms with Crippen LogP contribution in [-0.4, -0.2) is 32.9 Å². The number of Topliss-reactive ketones (excluding diaryl/α,β-unsaturated/α-hetero) is 1. The second-order valence-corrected chi connectivity index (χ2v) is 7.37. The van der Waals surface area contributed by atoms with Crippen molar-refractivity contribution < 1.29 is 9.59 Å². The van der Waals surface area contributed by atoms with Gasteiger partial charge in [0.05, 0.1) is 17.4 Å². The predicted molar refractivity (Wildman–Crippen MR) is 122 cm³/mol. The van der Waals surface area contributed by atoms with E-state index in [4.69, 9.17) is 5.73 Å². The van der Waals surface area contributed by atoms with Crippen LogP contribution in [0.2, 0.25) is 0 Å². The Morgan fingerprint density at radius 1 is 1.06 bits per heavy atom. The summed E-state index contributed by atoms with van der Waals surface area (Å²) in [5.74, 6) is 0.427. The van der Waals surface area contributed by atoms with Gasteiger partial charge in [-0.2, -0.15) is 0 Å². The number of amides is 2. The Labute approximate surface area is 179 Å². The number of benzene rings is 2. The van der Waals surface area contributed by atoms with Crippen LogP contribution in [0, 0.1) is 0 Å². The maximum absolute atomic E-state index is 12.1. The Bertz CT molecular complexity index is 1250. The smallest absolute Gasteiger partial charge is 0.319 e. The molecule has 4 N–H and O–H groups in total. The van der Waals surface area contributed by atoms with Crippen molar-refractivity contribution in [1.29, 1.82) is 0 Å². The number of para-hydroxylation sites is 1. The maximum atomic E-state index is 12.1. The molecule has 0 saturated carbocycles. The first kappa shape index (κ1) is 20.3. The lowest BCUT2D eigenvalue weighted by atomic mass is 10.1. The van der Waals surface area contributed by atoms with E-state index in [0.717, 1.165) is 35.8 Å². The average molecular weight is 416 g/mol. The molecule has 2 heterocycles. The molecule has 0 aliphatic rings. The summed E-state index contributed by atoms with van der Waals surface area (Å²) in [5, 5.41) is 6.64. The fourth-order valence-electron chi connectivity index (χ4n) is 3.55. The SMILES string of the molecule is CC(=O)c1ccc(NC(=O)NCCCCn2cnc3c(N)nc4ccccc4c32)cc1.